The molecule has 0 saturated heterocycles. The number of nitrogens with zero attached hydrogens (tertiary/aromatic N) is 2. The number of Topliss-reactive ketones (excluding diaryl/α,β-unsaturated/α-hetero) is 1. The van der Waals surface area contributed by atoms with Gasteiger partial charge in [-0.3, -0.25) is 4.79 Å². The molecule has 0 aromatic carbocycles. The minimum absolute atomic E-state index is 0.0434. The zero-order valence-corrected chi connectivity index (χ0v) is 8.95. The van der Waals surface area contributed by atoms with Crippen molar-refractivity contribution < 1.29 is 4.79 Å². The predicted molar refractivity (Wildman–Crippen MR) is 56.3 cm³/mol. The molecule has 0 aliphatic heterocycles. The quantitative estimate of drug-likeness (QED) is 0.542. The standard InChI is InChI=1S/C11H16N2O/c1-4-9(5-2)10(14)11-12-7-8-13(11)6-3/h4,7-8H,5-6H2,1-3H3/b9-4-. The van der Waals surface area contributed by atoms with Gasteiger partial charge in [-0.25, -0.2) is 4.98 Å². The Balaban J connectivity index is 3.00. The average Bonchev–Trinajstić information content (AvgIpc) is 2.67. The lowest BCUT2D eigenvalue weighted by molar-refractivity contribution is 0.101. The van der Waals surface area contributed by atoms with E-state index in [9.17, 15) is 4.79 Å². The number of aromatic nitrogens is 2. The van der Waals surface area contributed by atoms with Crippen molar-refractivity contribution in [2.45, 2.75) is 33.7 Å². The highest BCUT2D eigenvalue weighted by Gasteiger charge is 2.14. The van der Waals surface area contributed by atoms with E-state index in [2.05, 4.69) is 4.98 Å². The van der Waals surface area contributed by atoms with Crippen LogP contribution in [0.25, 0.3) is 0 Å². The Kier molecular flexibility index (Phi) is 3.63. The number of ketones is 1. The number of hydrogen-bond acceptors (Lipinski definition) is 2. The first-order valence-corrected chi connectivity index (χ1v) is 4.95. The summed E-state index contributed by atoms with van der Waals surface area (Å²) in [7, 11) is 0. The van der Waals surface area contributed by atoms with Gasteiger partial charge in [0.2, 0.25) is 5.78 Å². The highest BCUT2D eigenvalue weighted by molar-refractivity contribution is 6.06. The molecule has 0 fully saturated rings. The van der Waals surface area contributed by atoms with Crippen molar-refractivity contribution in [2.24, 2.45) is 0 Å². The largest absolute Gasteiger partial charge is 0.329 e. The molecule has 0 unspecified atom stereocenters. The van der Waals surface area contributed by atoms with Crippen molar-refractivity contribution in [2.75, 3.05) is 0 Å². The number of aryl methyl sites for hydroxylation is 1. The molecule has 0 aliphatic rings. The SMILES string of the molecule is C/C=C(/CC)C(=O)c1nccn1CC. The van der Waals surface area contributed by atoms with Gasteiger partial charge in [0.25, 0.3) is 0 Å². The Morgan fingerprint density at radius 2 is 2.29 bits per heavy atom. The highest BCUT2D eigenvalue weighted by atomic mass is 16.1. The molecule has 0 amide bonds. The average molecular weight is 192 g/mol. The van der Waals surface area contributed by atoms with E-state index < -0.39 is 0 Å². The van der Waals surface area contributed by atoms with Crippen LogP contribution in [0.1, 0.15) is 37.8 Å². The van der Waals surface area contributed by atoms with E-state index in [1.54, 1.807) is 6.20 Å². The predicted octanol–water partition coefficient (Wildman–Crippen LogP) is 2.44. The lowest BCUT2D eigenvalue weighted by atomic mass is 10.1. The molecule has 0 saturated carbocycles. The van der Waals surface area contributed by atoms with Crippen LogP contribution in [0.5, 0.6) is 0 Å². The van der Waals surface area contributed by atoms with Crippen LogP contribution in [0, 0.1) is 0 Å². The summed E-state index contributed by atoms with van der Waals surface area (Å²) in [6, 6.07) is 0. The van der Waals surface area contributed by atoms with Gasteiger partial charge in [-0.05, 0) is 25.8 Å². The van der Waals surface area contributed by atoms with Gasteiger partial charge in [-0.1, -0.05) is 13.0 Å². The summed E-state index contributed by atoms with van der Waals surface area (Å²) in [5, 5.41) is 0. The molecule has 1 aromatic heterocycles. The molecular formula is C11H16N2O. The number of carbonyl (C=O) groups excluding carboxylic acids is 1. The zero-order valence-electron chi connectivity index (χ0n) is 8.95. The minimum atomic E-state index is 0.0434. The Morgan fingerprint density at radius 3 is 2.79 bits per heavy atom. The molecule has 0 N–H and O–H groups in total. The second-order valence-electron chi connectivity index (χ2n) is 3.03. The van der Waals surface area contributed by atoms with Crippen LogP contribution in [-0.4, -0.2) is 15.3 Å². The van der Waals surface area contributed by atoms with E-state index in [1.807, 2.05) is 37.6 Å². The van der Waals surface area contributed by atoms with Crippen LogP contribution in [-0.2, 0) is 6.54 Å². The van der Waals surface area contributed by atoms with Gasteiger partial charge in [-0.2, -0.15) is 0 Å². The molecule has 0 spiro atoms. The molecule has 1 rings (SSSR count). The van der Waals surface area contributed by atoms with E-state index >= 15 is 0 Å². The lowest BCUT2D eigenvalue weighted by Crippen LogP contribution is -2.11. The van der Waals surface area contributed by atoms with Crippen LogP contribution < -0.4 is 0 Å². The molecule has 0 bridgehead atoms. The summed E-state index contributed by atoms with van der Waals surface area (Å²) in [5.74, 6) is 0.587. The first-order chi connectivity index (χ1) is 6.74. The van der Waals surface area contributed by atoms with Crippen LogP contribution in [0.4, 0.5) is 0 Å². The van der Waals surface area contributed by atoms with Gasteiger partial charge < -0.3 is 4.57 Å². The third-order valence-corrected chi connectivity index (χ3v) is 2.28. The second-order valence-corrected chi connectivity index (χ2v) is 3.03. The molecule has 0 aliphatic carbocycles. The second kappa shape index (κ2) is 4.74. The normalized spacial score (nSPS) is 11.8. The fraction of sp³-hybridized carbons (Fsp3) is 0.455. The summed E-state index contributed by atoms with van der Waals surface area (Å²) >= 11 is 0. The summed E-state index contributed by atoms with van der Waals surface area (Å²) in [6.07, 6.45) is 6.11. The Morgan fingerprint density at radius 1 is 1.57 bits per heavy atom. The third-order valence-electron chi connectivity index (χ3n) is 2.28. The van der Waals surface area contributed by atoms with Gasteiger partial charge >= 0.3 is 0 Å². The van der Waals surface area contributed by atoms with Gasteiger partial charge in [0.15, 0.2) is 5.82 Å². The maximum absolute atomic E-state index is 11.9. The number of imidazole rings is 1. The van der Waals surface area contributed by atoms with E-state index in [0.717, 1.165) is 18.5 Å². The monoisotopic (exact) mass is 192 g/mol. The molecule has 3 nitrogen and oxygen atoms in total. The Hall–Kier alpha value is -1.38. The lowest BCUT2D eigenvalue weighted by Gasteiger charge is -2.04. The van der Waals surface area contributed by atoms with Gasteiger partial charge in [-0.15, -0.1) is 0 Å². The molecule has 3 heteroatoms. The van der Waals surface area contributed by atoms with Crippen LogP contribution in [0.3, 0.4) is 0 Å². The van der Waals surface area contributed by atoms with Crippen LogP contribution >= 0.6 is 0 Å². The zero-order chi connectivity index (χ0) is 10.6. The fourth-order valence-electron chi connectivity index (χ4n) is 1.41. The first-order valence-electron chi connectivity index (χ1n) is 4.95. The van der Waals surface area contributed by atoms with Crippen LogP contribution in [0.15, 0.2) is 24.0 Å². The molecule has 1 aromatic rings. The van der Waals surface area contributed by atoms with Crippen LogP contribution in [0.2, 0.25) is 0 Å². The topological polar surface area (TPSA) is 34.9 Å². The molecule has 14 heavy (non-hydrogen) atoms. The summed E-state index contributed by atoms with van der Waals surface area (Å²) in [6.45, 7) is 6.64. The molecule has 0 radical (unpaired) electrons. The van der Waals surface area contributed by atoms with Crippen molar-refractivity contribution in [3.8, 4) is 0 Å². The Labute approximate surface area is 84.5 Å². The summed E-state index contributed by atoms with van der Waals surface area (Å²) in [5.41, 5.74) is 0.825. The number of hydrogen-bond donors (Lipinski definition) is 0. The summed E-state index contributed by atoms with van der Waals surface area (Å²) in [4.78, 5) is 16.0. The Bertz CT molecular complexity index is 350. The van der Waals surface area contributed by atoms with E-state index in [-0.39, 0.29) is 5.78 Å². The smallest absolute Gasteiger partial charge is 0.224 e. The van der Waals surface area contributed by atoms with Crippen molar-refractivity contribution >= 4 is 5.78 Å². The third kappa shape index (κ3) is 1.92. The van der Waals surface area contributed by atoms with Crippen molar-refractivity contribution in [1.29, 1.82) is 0 Å². The molecular weight excluding hydrogens is 176 g/mol. The minimum Gasteiger partial charge on any atom is -0.329 e. The molecule has 1 heterocycles. The van der Waals surface area contributed by atoms with Gasteiger partial charge in [0.05, 0.1) is 0 Å². The van der Waals surface area contributed by atoms with Crippen molar-refractivity contribution in [1.82, 2.24) is 9.55 Å². The molecule has 0 atom stereocenters. The number of carbonyl (C=O) groups is 1. The number of allylic oxidation sites excluding steroid dienone is 2. The van der Waals surface area contributed by atoms with Crippen molar-refractivity contribution in [3.05, 3.63) is 29.9 Å². The summed E-state index contributed by atoms with van der Waals surface area (Å²) < 4.78 is 1.86. The van der Waals surface area contributed by atoms with E-state index in [1.165, 1.54) is 0 Å². The maximum Gasteiger partial charge on any atom is 0.224 e. The van der Waals surface area contributed by atoms with E-state index in [0.29, 0.717) is 5.82 Å². The van der Waals surface area contributed by atoms with Gasteiger partial charge in [0.1, 0.15) is 0 Å². The fourth-order valence-corrected chi connectivity index (χ4v) is 1.41. The maximum atomic E-state index is 11.9. The highest BCUT2D eigenvalue weighted by Crippen LogP contribution is 2.09. The van der Waals surface area contributed by atoms with Gasteiger partial charge in [0, 0.05) is 18.9 Å². The molecule has 76 valence electrons. The van der Waals surface area contributed by atoms with E-state index in [4.69, 9.17) is 0 Å². The first kappa shape index (κ1) is 10.7. The van der Waals surface area contributed by atoms with Crippen molar-refractivity contribution in [3.63, 3.8) is 0 Å². The number of rotatable bonds is 4.